The van der Waals surface area contributed by atoms with Crippen LogP contribution in [-0.2, 0) is 4.79 Å². The van der Waals surface area contributed by atoms with Crippen molar-refractivity contribution >= 4 is 11.6 Å². The van der Waals surface area contributed by atoms with Gasteiger partial charge in [-0.05, 0) is 50.8 Å². The lowest BCUT2D eigenvalue weighted by molar-refractivity contribution is -0.119. The number of carbonyl (C=O) groups excluding carboxylic acids is 1. The predicted molar refractivity (Wildman–Crippen MR) is 91.0 cm³/mol. The fourth-order valence-corrected chi connectivity index (χ4v) is 4.40. The molecule has 0 radical (unpaired) electrons. The summed E-state index contributed by atoms with van der Waals surface area (Å²) in [6.45, 7) is 5.45. The van der Waals surface area contributed by atoms with Gasteiger partial charge in [0.05, 0.1) is 0 Å². The van der Waals surface area contributed by atoms with Gasteiger partial charge >= 0.3 is 0 Å². The van der Waals surface area contributed by atoms with Crippen molar-refractivity contribution in [3.8, 4) is 0 Å². The summed E-state index contributed by atoms with van der Waals surface area (Å²) in [7, 11) is 0. The number of amides is 1. The van der Waals surface area contributed by atoms with E-state index in [-0.39, 0.29) is 5.91 Å². The summed E-state index contributed by atoms with van der Waals surface area (Å²) in [5.74, 6) is 0.263. The molecule has 2 heterocycles. The van der Waals surface area contributed by atoms with Crippen LogP contribution in [0.5, 0.6) is 0 Å². The average Bonchev–Trinajstić information content (AvgIpc) is 2.79. The Labute approximate surface area is 134 Å². The Morgan fingerprint density at radius 1 is 1.14 bits per heavy atom. The standard InChI is InChI=1S/C19H28N2O/c1-3-12-20-16-10-11-17(20)14-18(13-16)21(19(22)4-2)15-8-6-5-7-9-15/h5-9,16-18H,3-4,10-14H2,1-2H3/t16-,17+,18?. The molecule has 2 aliphatic heterocycles. The smallest absolute Gasteiger partial charge is 0.226 e. The molecular formula is C19H28N2O. The topological polar surface area (TPSA) is 23.6 Å². The Kier molecular flexibility index (Phi) is 4.82. The molecule has 0 N–H and O–H groups in total. The van der Waals surface area contributed by atoms with Crippen LogP contribution in [0.25, 0.3) is 0 Å². The number of benzene rings is 1. The highest BCUT2D eigenvalue weighted by atomic mass is 16.2. The van der Waals surface area contributed by atoms with E-state index in [4.69, 9.17) is 0 Å². The summed E-state index contributed by atoms with van der Waals surface area (Å²) in [5, 5.41) is 0. The molecule has 2 aliphatic rings. The third-order valence-corrected chi connectivity index (χ3v) is 5.31. The van der Waals surface area contributed by atoms with E-state index in [0.717, 1.165) is 18.5 Å². The summed E-state index contributed by atoms with van der Waals surface area (Å²) < 4.78 is 0. The van der Waals surface area contributed by atoms with Gasteiger partial charge in [0, 0.05) is 30.2 Å². The van der Waals surface area contributed by atoms with Crippen LogP contribution in [-0.4, -0.2) is 35.5 Å². The summed E-state index contributed by atoms with van der Waals surface area (Å²) >= 11 is 0. The Bertz CT molecular complexity index is 487. The summed E-state index contributed by atoms with van der Waals surface area (Å²) in [6.07, 6.45) is 6.70. The zero-order chi connectivity index (χ0) is 15.5. The largest absolute Gasteiger partial charge is 0.309 e. The van der Waals surface area contributed by atoms with Gasteiger partial charge in [-0.1, -0.05) is 32.0 Å². The van der Waals surface area contributed by atoms with Crippen LogP contribution in [0.1, 0.15) is 52.4 Å². The van der Waals surface area contributed by atoms with E-state index in [1.165, 1.54) is 25.8 Å². The molecule has 22 heavy (non-hydrogen) atoms. The van der Waals surface area contributed by atoms with Gasteiger partial charge < -0.3 is 4.90 Å². The van der Waals surface area contributed by atoms with Crippen LogP contribution < -0.4 is 4.90 Å². The van der Waals surface area contributed by atoms with Gasteiger partial charge in [0.15, 0.2) is 0 Å². The van der Waals surface area contributed by atoms with E-state index < -0.39 is 0 Å². The molecule has 1 aromatic carbocycles. The zero-order valence-corrected chi connectivity index (χ0v) is 13.9. The highest BCUT2D eigenvalue weighted by Gasteiger charge is 2.42. The van der Waals surface area contributed by atoms with Crippen molar-refractivity contribution in [1.29, 1.82) is 0 Å². The quantitative estimate of drug-likeness (QED) is 0.825. The number of nitrogens with zero attached hydrogens (tertiary/aromatic N) is 2. The number of anilines is 1. The van der Waals surface area contributed by atoms with Crippen LogP contribution in [0, 0.1) is 0 Å². The minimum Gasteiger partial charge on any atom is -0.309 e. The summed E-state index contributed by atoms with van der Waals surface area (Å²) in [6, 6.07) is 12.0. The van der Waals surface area contributed by atoms with E-state index in [9.17, 15) is 4.79 Å². The Morgan fingerprint density at radius 2 is 1.77 bits per heavy atom. The maximum absolute atomic E-state index is 12.6. The first-order valence-electron chi connectivity index (χ1n) is 8.87. The van der Waals surface area contributed by atoms with Gasteiger partial charge in [0.25, 0.3) is 0 Å². The molecule has 2 fully saturated rings. The second kappa shape index (κ2) is 6.82. The van der Waals surface area contributed by atoms with Gasteiger partial charge in [-0.2, -0.15) is 0 Å². The molecule has 3 atom stereocenters. The average molecular weight is 300 g/mol. The predicted octanol–water partition coefficient (Wildman–Crippen LogP) is 3.84. The normalized spacial score (nSPS) is 27.8. The molecule has 1 aromatic rings. The molecule has 3 rings (SSSR count). The molecule has 0 spiro atoms. The van der Waals surface area contributed by atoms with Crippen LogP contribution in [0.4, 0.5) is 5.69 Å². The second-order valence-corrected chi connectivity index (χ2v) is 6.70. The highest BCUT2D eigenvalue weighted by Crippen LogP contribution is 2.39. The second-order valence-electron chi connectivity index (χ2n) is 6.70. The Hall–Kier alpha value is -1.35. The number of fused-ring (bicyclic) bond motifs is 2. The van der Waals surface area contributed by atoms with Gasteiger partial charge in [0.1, 0.15) is 0 Å². The summed E-state index contributed by atoms with van der Waals surface area (Å²) in [4.78, 5) is 17.4. The third-order valence-electron chi connectivity index (χ3n) is 5.31. The number of piperidine rings is 1. The molecule has 1 amide bonds. The lowest BCUT2D eigenvalue weighted by atomic mass is 9.94. The first kappa shape index (κ1) is 15.5. The van der Waals surface area contributed by atoms with E-state index >= 15 is 0 Å². The molecule has 0 aromatic heterocycles. The molecule has 120 valence electrons. The minimum atomic E-state index is 0.263. The van der Waals surface area contributed by atoms with E-state index in [2.05, 4.69) is 28.9 Å². The van der Waals surface area contributed by atoms with Crippen LogP contribution in [0.2, 0.25) is 0 Å². The van der Waals surface area contributed by atoms with Gasteiger partial charge in [-0.15, -0.1) is 0 Å². The molecule has 0 aliphatic carbocycles. The fraction of sp³-hybridized carbons (Fsp3) is 0.632. The molecule has 3 nitrogen and oxygen atoms in total. The molecular weight excluding hydrogens is 272 g/mol. The van der Waals surface area contributed by atoms with Crippen molar-refractivity contribution in [2.45, 2.75) is 70.5 Å². The van der Waals surface area contributed by atoms with Crippen molar-refractivity contribution < 1.29 is 4.79 Å². The molecule has 2 bridgehead atoms. The van der Waals surface area contributed by atoms with Crippen molar-refractivity contribution in [3.05, 3.63) is 30.3 Å². The molecule has 0 saturated carbocycles. The lowest BCUT2D eigenvalue weighted by Gasteiger charge is -2.43. The van der Waals surface area contributed by atoms with E-state index in [1.54, 1.807) is 0 Å². The zero-order valence-electron chi connectivity index (χ0n) is 13.9. The maximum atomic E-state index is 12.6. The van der Waals surface area contributed by atoms with Crippen molar-refractivity contribution in [2.24, 2.45) is 0 Å². The van der Waals surface area contributed by atoms with Gasteiger partial charge in [-0.25, -0.2) is 0 Å². The van der Waals surface area contributed by atoms with Gasteiger partial charge in [-0.3, -0.25) is 9.69 Å². The van der Waals surface area contributed by atoms with Crippen LogP contribution in [0.3, 0.4) is 0 Å². The first-order valence-corrected chi connectivity index (χ1v) is 8.87. The molecule has 1 unspecified atom stereocenters. The SMILES string of the molecule is CCCN1[C@@H]2CC[C@H]1CC(N(C(=O)CC)c1ccccc1)C2. The highest BCUT2D eigenvalue weighted by molar-refractivity contribution is 5.93. The molecule has 3 heteroatoms. The fourth-order valence-electron chi connectivity index (χ4n) is 4.40. The number of hydrogen-bond acceptors (Lipinski definition) is 2. The maximum Gasteiger partial charge on any atom is 0.226 e. The number of hydrogen-bond donors (Lipinski definition) is 0. The van der Waals surface area contributed by atoms with Crippen molar-refractivity contribution in [1.82, 2.24) is 4.90 Å². The van der Waals surface area contributed by atoms with Crippen molar-refractivity contribution in [2.75, 3.05) is 11.4 Å². The van der Waals surface area contributed by atoms with Crippen LogP contribution >= 0.6 is 0 Å². The third kappa shape index (κ3) is 2.91. The van der Waals surface area contributed by atoms with E-state index in [0.29, 0.717) is 24.5 Å². The first-order chi connectivity index (χ1) is 10.7. The van der Waals surface area contributed by atoms with E-state index in [1.807, 2.05) is 25.1 Å². The summed E-state index contributed by atoms with van der Waals surface area (Å²) in [5.41, 5.74) is 1.07. The minimum absolute atomic E-state index is 0.263. The number of carbonyl (C=O) groups is 1. The number of rotatable bonds is 5. The Morgan fingerprint density at radius 3 is 2.32 bits per heavy atom. The Balaban J connectivity index is 1.81. The van der Waals surface area contributed by atoms with Crippen LogP contribution in [0.15, 0.2) is 30.3 Å². The van der Waals surface area contributed by atoms with Crippen molar-refractivity contribution in [3.63, 3.8) is 0 Å². The lowest BCUT2D eigenvalue weighted by Crippen LogP contribution is -2.52. The van der Waals surface area contributed by atoms with Gasteiger partial charge in [0.2, 0.25) is 5.91 Å². The monoisotopic (exact) mass is 300 g/mol. The number of para-hydroxylation sites is 1. The molecule has 2 saturated heterocycles.